The molecule has 0 unspecified atom stereocenters. The van der Waals surface area contributed by atoms with Crippen LogP contribution in [0.5, 0.6) is 0 Å². The van der Waals surface area contributed by atoms with Crippen LogP contribution in [-0.2, 0) is 16.6 Å². The van der Waals surface area contributed by atoms with E-state index >= 15 is 0 Å². The molecule has 1 N–H and O–H groups in total. The molecule has 2 rings (SSSR count). The van der Waals surface area contributed by atoms with Crippen LogP contribution in [-0.4, -0.2) is 59.6 Å². The van der Waals surface area contributed by atoms with E-state index in [0.717, 1.165) is 5.69 Å². The van der Waals surface area contributed by atoms with Gasteiger partial charge in [-0.25, -0.2) is 0 Å². The van der Waals surface area contributed by atoms with Crippen molar-refractivity contribution >= 4 is 5.91 Å². The van der Waals surface area contributed by atoms with Crippen molar-refractivity contribution in [1.82, 2.24) is 20.0 Å². The van der Waals surface area contributed by atoms with Crippen molar-refractivity contribution < 1.29 is 22.7 Å². The molecule has 0 saturated carbocycles. The SMILES string of the molecule is CN1C(=O)C[C@@H](NCCOCC(F)(F)F)[C@@H]1c1ccnn1C. The Hall–Kier alpha value is -1.61. The number of carbonyl (C=O) groups excluding carboxylic acids is 1. The van der Waals surface area contributed by atoms with Crippen molar-refractivity contribution in [3.63, 3.8) is 0 Å². The minimum Gasteiger partial charge on any atom is -0.371 e. The van der Waals surface area contributed by atoms with E-state index in [-0.39, 0.29) is 31.1 Å². The van der Waals surface area contributed by atoms with Gasteiger partial charge in [-0.2, -0.15) is 18.3 Å². The van der Waals surface area contributed by atoms with E-state index in [1.54, 1.807) is 29.9 Å². The van der Waals surface area contributed by atoms with Gasteiger partial charge in [-0.3, -0.25) is 9.48 Å². The van der Waals surface area contributed by atoms with E-state index < -0.39 is 12.8 Å². The normalized spacial score (nSPS) is 22.6. The average Bonchev–Trinajstić information content (AvgIpc) is 2.93. The van der Waals surface area contributed by atoms with E-state index in [1.807, 2.05) is 6.07 Å². The summed E-state index contributed by atoms with van der Waals surface area (Å²) in [4.78, 5) is 13.5. The number of alkyl halides is 3. The lowest BCUT2D eigenvalue weighted by Gasteiger charge is -2.25. The van der Waals surface area contributed by atoms with Gasteiger partial charge in [0.2, 0.25) is 5.91 Å². The van der Waals surface area contributed by atoms with Crippen LogP contribution in [0.1, 0.15) is 18.2 Å². The lowest BCUT2D eigenvalue weighted by Crippen LogP contribution is -2.38. The summed E-state index contributed by atoms with van der Waals surface area (Å²) in [5.41, 5.74) is 0.877. The van der Waals surface area contributed by atoms with Crippen LogP contribution >= 0.6 is 0 Å². The third-order valence-electron chi connectivity index (χ3n) is 3.67. The highest BCUT2D eigenvalue weighted by Crippen LogP contribution is 2.31. The molecule has 2 heterocycles. The molecule has 0 bridgehead atoms. The number of halogens is 3. The fourth-order valence-electron chi connectivity index (χ4n) is 2.64. The number of hydrogen-bond donors (Lipinski definition) is 1. The predicted octanol–water partition coefficient (Wildman–Crippen LogP) is 0.860. The van der Waals surface area contributed by atoms with Crippen LogP contribution in [0.3, 0.4) is 0 Å². The first-order valence-electron chi connectivity index (χ1n) is 6.91. The monoisotopic (exact) mass is 320 g/mol. The fraction of sp³-hybridized carbons (Fsp3) is 0.692. The topological polar surface area (TPSA) is 59.4 Å². The summed E-state index contributed by atoms with van der Waals surface area (Å²) in [6.45, 7) is -1.08. The van der Waals surface area contributed by atoms with Gasteiger partial charge in [-0.05, 0) is 6.07 Å². The first kappa shape index (κ1) is 16.8. The average molecular weight is 320 g/mol. The predicted molar refractivity (Wildman–Crippen MR) is 72.0 cm³/mol. The maximum Gasteiger partial charge on any atom is 0.411 e. The smallest absolute Gasteiger partial charge is 0.371 e. The number of nitrogens with one attached hydrogen (secondary N) is 1. The Morgan fingerprint density at radius 3 is 2.77 bits per heavy atom. The van der Waals surface area contributed by atoms with E-state index in [2.05, 4.69) is 15.2 Å². The Labute approximate surface area is 126 Å². The van der Waals surface area contributed by atoms with Gasteiger partial charge in [-0.1, -0.05) is 0 Å². The molecule has 1 aromatic rings. The van der Waals surface area contributed by atoms with Crippen molar-refractivity contribution in [2.75, 3.05) is 26.8 Å². The van der Waals surface area contributed by atoms with Crippen LogP contribution in [0.4, 0.5) is 13.2 Å². The second-order valence-electron chi connectivity index (χ2n) is 5.26. The summed E-state index contributed by atoms with van der Waals surface area (Å²) in [6, 6.07) is 1.46. The Balaban J connectivity index is 1.89. The highest BCUT2D eigenvalue weighted by Gasteiger charge is 2.39. The standard InChI is InChI=1S/C13H19F3N4O2/c1-19-11(21)7-9(12(19)10-3-4-18-20(10)2)17-5-6-22-8-13(14,15)16/h3-4,9,12,17H,5-8H2,1-2H3/t9-,12-/m1/s1. The molecule has 1 aliphatic rings. The molecule has 0 spiro atoms. The molecule has 2 atom stereocenters. The molecule has 1 aromatic heterocycles. The van der Waals surface area contributed by atoms with E-state index in [1.165, 1.54) is 0 Å². The second-order valence-corrected chi connectivity index (χ2v) is 5.26. The number of aryl methyl sites for hydroxylation is 1. The Bertz CT molecular complexity index is 518. The highest BCUT2D eigenvalue weighted by atomic mass is 19.4. The molecule has 1 amide bonds. The van der Waals surface area contributed by atoms with Crippen LogP contribution in [0, 0.1) is 0 Å². The third-order valence-corrected chi connectivity index (χ3v) is 3.67. The van der Waals surface area contributed by atoms with Gasteiger partial charge in [0.1, 0.15) is 6.61 Å². The fourth-order valence-corrected chi connectivity index (χ4v) is 2.64. The van der Waals surface area contributed by atoms with Gasteiger partial charge in [0, 0.05) is 39.3 Å². The maximum atomic E-state index is 12.0. The number of likely N-dealkylation sites (N-methyl/N-ethyl adjacent to an activating group) is 1. The molecule has 1 aliphatic heterocycles. The molecular weight excluding hydrogens is 301 g/mol. The van der Waals surface area contributed by atoms with Crippen molar-refractivity contribution in [1.29, 1.82) is 0 Å². The largest absolute Gasteiger partial charge is 0.411 e. The number of nitrogens with zero attached hydrogens (tertiary/aromatic N) is 3. The molecule has 0 aliphatic carbocycles. The minimum atomic E-state index is -4.32. The van der Waals surface area contributed by atoms with Crippen LogP contribution < -0.4 is 5.32 Å². The number of rotatable bonds is 6. The molecular formula is C13H19F3N4O2. The molecule has 6 nitrogen and oxygen atoms in total. The summed E-state index contributed by atoms with van der Waals surface area (Å²) < 4.78 is 42.2. The van der Waals surface area contributed by atoms with Crippen molar-refractivity contribution in [2.45, 2.75) is 24.7 Å². The molecule has 0 radical (unpaired) electrons. The number of aromatic nitrogens is 2. The molecule has 9 heteroatoms. The van der Waals surface area contributed by atoms with E-state index in [4.69, 9.17) is 0 Å². The van der Waals surface area contributed by atoms with Gasteiger partial charge in [0.15, 0.2) is 0 Å². The number of carbonyl (C=O) groups is 1. The summed E-state index contributed by atoms with van der Waals surface area (Å²) in [7, 11) is 3.50. The van der Waals surface area contributed by atoms with Crippen LogP contribution in [0.15, 0.2) is 12.3 Å². The number of amides is 1. The van der Waals surface area contributed by atoms with E-state index in [0.29, 0.717) is 6.42 Å². The molecule has 124 valence electrons. The van der Waals surface area contributed by atoms with Crippen molar-refractivity contribution in [3.05, 3.63) is 18.0 Å². The summed E-state index contributed by atoms with van der Waals surface area (Å²) in [5.74, 6) is -0.0140. The van der Waals surface area contributed by atoms with Crippen LogP contribution in [0.25, 0.3) is 0 Å². The Morgan fingerprint density at radius 2 is 2.18 bits per heavy atom. The quantitative estimate of drug-likeness (QED) is 0.790. The van der Waals surface area contributed by atoms with Gasteiger partial charge in [0.25, 0.3) is 0 Å². The van der Waals surface area contributed by atoms with Gasteiger partial charge < -0.3 is 15.0 Å². The lowest BCUT2D eigenvalue weighted by atomic mass is 10.1. The maximum absolute atomic E-state index is 12.0. The first-order valence-corrected chi connectivity index (χ1v) is 6.91. The highest BCUT2D eigenvalue weighted by molar-refractivity contribution is 5.80. The van der Waals surface area contributed by atoms with E-state index in [9.17, 15) is 18.0 Å². The van der Waals surface area contributed by atoms with Gasteiger partial charge in [-0.15, -0.1) is 0 Å². The van der Waals surface area contributed by atoms with Gasteiger partial charge in [0.05, 0.1) is 18.3 Å². The van der Waals surface area contributed by atoms with Crippen LogP contribution in [0.2, 0.25) is 0 Å². The zero-order chi connectivity index (χ0) is 16.3. The summed E-state index contributed by atoms with van der Waals surface area (Å²) in [6.07, 6.45) is -2.37. The second kappa shape index (κ2) is 6.66. The first-order chi connectivity index (χ1) is 10.3. The number of ether oxygens (including phenoxy) is 1. The van der Waals surface area contributed by atoms with Gasteiger partial charge >= 0.3 is 6.18 Å². The summed E-state index contributed by atoms with van der Waals surface area (Å²) in [5, 5.41) is 7.19. The summed E-state index contributed by atoms with van der Waals surface area (Å²) >= 11 is 0. The zero-order valence-corrected chi connectivity index (χ0v) is 12.4. The third kappa shape index (κ3) is 3.98. The molecule has 1 saturated heterocycles. The molecule has 0 aromatic carbocycles. The molecule has 22 heavy (non-hydrogen) atoms. The van der Waals surface area contributed by atoms with Crippen molar-refractivity contribution in [3.8, 4) is 0 Å². The Morgan fingerprint density at radius 1 is 1.45 bits per heavy atom. The Kier molecular flexibility index (Phi) is 5.07. The molecule has 1 fully saturated rings. The number of likely N-dealkylation sites (tertiary alicyclic amines) is 1. The van der Waals surface area contributed by atoms with Crippen molar-refractivity contribution in [2.24, 2.45) is 7.05 Å². The minimum absolute atomic E-state index is 0.0140. The zero-order valence-electron chi connectivity index (χ0n) is 12.4. The number of hydrogen-bond acceptors (Lipinski definition) is 4. The lowest BCUT2D eigenvalue weighted by molar-refractivity contribution is -0.173.